The van der Waals surface area contributed by atoms with E-state index in [2.05, 4.69) is 0 Å². The molecule has 0 saturated carbocycles. The van der Waals surface area contributed by atoms with Crippen LogP contribution in [0.4, 0.5) is 0 Å². The van der Waals surface area contributed by atoms with E-state index in [4.69, 9.17) is 23.2 Å². The van der Waals surface area contributed by atoms with Crippen molar-refractivity contribution >= 4 is 34.7 Å². The Hall–Kier alpha value is -0.860. The van der Waals surface area contributed by atoms with Crippen molar-refractivity contribution < 1.29 is 9.59 Å². The van der Waals surface area contributed by atoms with Crippen LogP contribution in [0.5, 0.6) is 0 Å². The smallest absolute Gasteiger partial charge is 0.226 e. The highest BCUT2D eigenvalue weighted by Crippen LogP contribution is 2.15. The molecule has 0 aromatic heterocycles. The topological polar surface area (TPSA) is 34.1 Å². The van der Waals surface area contributed by atoms with Crippen LogP contribution in [-0.4, -0.2) is 11.5 Å². The summed E-state index contributed by atoms with van der Waals surface area (Å²) in [6, 6.07) is 4.74. The fourth-order valence-electron chi connectivity index (χ4n) is 0.986. The van der Waals surface area contributed by atoms with Crippen molar-refractivity contribution in [3.8, 4) is 0 Å². The number of carbonyl (C=O) groups excluding carboxylic acids is 2. The van der Waals surface area contributed by atoms with E-state index in [1.54, 1.807) is 12.1 Å². The summed E-state index contributed by atoms with van der Waals surface area (Å²) in [7, 11) is 0. The van der Waals surface area contributed by atoms with Crippen LogP contribution in [0, 0.1) is 0 Å². The predicted octanol–water partition coefficient (Wildman–Crippen LogP) is 2.46. The highest BCUT2D eigenvalue weighted by molar-refractivity contribution is 6.63. The standard InChI is InChI=1S/C9H6Cl2O2/c10-8-2-1-6(4-9(11)13)7(3-8)5-12/h1-3,5H,4H2. The Bertz CT molecular complexity index is 347. The summed E-state index contributed by atoms with van der Waals surface area (Å²) in [5.41, 5.74) is 1.00. The summed E-state index contributed by atoms with van der Waals surface area (Å²) >= 11 is 10.8. The van der Waals surface area contributed by atoms with E-state index in [9.17, 15) is 9.59 Å². The summed E-state index contributed by atoms with van der Waals surface area (Å²) in [6.45, 7) is 0. The molecule has 0 bridgehead atoms. The molecule has 0 heterocycles. The number of aldehydes is 1. The van der Waals surface area contributed by atoms with Gasteiger partial charge in [0.1, 0.15) is 6.29 Å². The molecule has 13 heavy (non-hydrogen) atoms. The fourth-order valence-corrected chi connectivity index (χ4v) is 1.31. The van der Waals surface area contributed by atoms with Crippen molar-refractivity contribution in [1.82, 2.24) is 0 Å². The number of rotatable bonds is 3. The SMILES string of the molecule is O=Cc1cc(Cl)ccc1CC(=O)Cl. The van der Waals surface area contributed by atoms with E-state index in [0.717, 1.165) is 0 Å². The molecule has 0 aliphatic carbocycles. The first-order valence-corrected chi connectivity index (χ1v) is 4.31. The number of halogens is 2. The number of hydrogen-bond donors (Lipinski definition) is 0. The van der Waals surface area contributed by atoms with Gasteiger partial charge in [-0.2, -0.15) is 0 Å². The van der Waals surface area contributed by atoms with Gasteiger partial charge < -0.3 is 0 Å². The maximum atomic E-state index is 10.6. The third-order valence-corrected chi connectivity index (χ3v) is 1.93. The Morgan fingerprint density at radius 1 is 1.46 bits per heavy atom. The van der Waals surface area contributed by atoms with Gasteiger partial charge in [-0.3, -0.25) is 9.59 Å². The molecule has 0 fully saturated rings. The normalized spacial score (nSPS) is 9.69. The maximum Gasteiger partial charge on any atom is 0.226 e. The van der Waals surface area contributed by atoms with Gasteiger partial charge in [-0.25, -0.2) is 0 Å². The molecule has 1 rings (SSSR count). The Balaban J connectivity index is 3.05. The van der Waals surface area contributed by atoms with Crippen LogP contribution in [0.15, 0.2) is 18.2 Å². The molecule has 1 aromatic carbocycles. The summed E-state index contributed by atoms with van der Waals surface area (Å²) in [5.74, 6) is 0. The van der Waals surface area contributed by atoms with E-state index in [0.29, 0.717) is 22.4 Å². The lowest BCUT2D eigenvalue weighted by Gasteiger charge is -2.01. The number of hydrogen-bond acceptors (Lipinski definition) is 2. The third kappa shape index (κ3) is 2.83. The van der Waals surface area contributed by atoms with Crippen molar-refractivity contribution in [2.75, 3.05) is 0 Å². The third-order valence-electron chi connectivity index (χ3n) is 1.56. The van der Waals surface area contributed by atoms with Crippen molar-refractivity contribution in [1.29, 1.82) is 0 Å². The average Bonchev–Trinajstić information content (AvgIpc) is 2.07. The van der Waals surface area contributed by atoms with E-state index in [1.807, 2.05) is 0 Å². The quantitative estimate of drug-likeness (QED) is 0.575. The van der Waals surface area contributed by atoms with Crippen LogP contribution in [0.25, 0.3) is 0 Å². The molecule has 0 aliphatic heterocycles. The molecule has 0 radical (unpaired) electrons. The summed E-state index contributed by atoms with van der Waals surface area (Å²) in [6.07, 6.45) is 0.702. The van der Waals surface area contributed by atoms with Crippen LogP contribution < -0.4 is 0 Å². The minimum absolute atomic E-state index is 0.0484. The Labute approximate surface area is 85.5 Å². The van der Waals surface area contributed by atoms with Crippen molar-refractivity contribution in [3.05, 3.63) is 34.3 Å². The first-order chi connectivity index (χ1) is 6.13. The van der Waals surface area contributed by atoms with Crippen LogP contribution in [0.3, 0.4) is 0 Å². The molecule has 0 spiro atoms. The van der Waals surface area contributed by atoms with Gasteiger partial charge in [0.15, 0.2) is 0 Å². The zero-order chi connectivity index (χ0) is 9.84. The molecule has 1 aromatic rings. The van der Waals surface area contributed by atoms with Crippen molar-refractivity contribution in [2.24, 2.45) is 0 Å². The zero-order valence-electron chi connectivity index (χ0n) is 6.59. The van der Waals surface area contributed by atoms with Gasteiger partial charge in [-0.05, 0) is 29.3 Å². The van der Waals surface area contributed by atoms with Crippen LogP contribution >= 0.6 is 23.2 Å². The average molecular weight is 217 g/mol. The molecule has 68 valence electrons. The second-order valence-electron chi connectivity index (χ2n) is 2.49. The molecule has 0 unspecified atom stereocenters. The van der Waals surface area contributed by atoms with Gasteiger partial charge >= 0.3 is 0 Å². The second-order valence-corrected chi connectivity index (χ2v) is 3.35. The highest BCUT2D eigenvalue weighted by atomic mass is 35.5. The molecule has 0 N–H and O–H groups in total. The van der Waals surface area contributed by atoms with Crippen LogP contribution in [-0.2, 0) is 11.2 Å². The fraction of sp³-hybridized carbons (Fsp3) is 0.111. The van der Waals surface area contributed by atoms with Gasteiger partial charge in [-0.1, -0.05) is 17.7 Å². The molecule has 0 amide bonds. The van der Waals surface area contributed by atoms with E-state index in [-0.39, 0.29) is 6.42 Å². The van der Waals surface area contributed by atoms with Crippen LogP contribution in [0.2, 0.25) is 5.02 Å². The molecule has 0 atom stereocenters. The first kappa shape index (κ1) is 10.2. The molecule has 2 nitrogen and oxygen atoms in total. The summed E-state index contributed by atoms with van der Waals surface area (Å²) < 4.78 is 0. The lowest BCUT2D eigenvalue weighted by molar-refractivity contribution is -0.111. The number of carbonyl (C=O) groups is 2. The Morgan fingerprint density at radius 2 is 2.15 bits per heavy atom. The Kier molecular flexibility index (Phi) is 3.46. The van der Waals surface area contributed by atoms with Gasteiger partial charge in [-0.15, -0.1) is 0 Å². The minimum atomic E-state index is -0.495. The molecule has 4 heteroatoms. The second kappa shape index (κ2) is 4.40. The first-order valence-electron chi connectivity index (χ1n) is 3.55. The van der Waals surface area contributed by atoms with E-state index < -0.39 is 5.24 Å². The van der Waals surface area contributed by atoms with Gasteiger partial charge in [0, 0.05) is 17.0 Å². The highest BCUT2D eigenvalue weighted by Gasteiger charge is 2.05. The zero-order valence-corrected chi connectivity index (χ0v) is 8.10. The van der Waals surface area contributed by atoms with Crippen molar-refractivity contribution in [3.63, 3.8) is 0 Å². The Morgan fingerprint density at radius 3 is 2.69 bits per heavy atom. The molecule has 0 aliphatic rings. The summed E-state index contributed by atoms with van der Waals surface area (Å²) in [5, 5.41) is -0.0294. The largest absolute Gasteiger partial charge is 0.298 e. The molecular formula is C9H6Cl2O2. The van der Waals surface area contributed by atoms with Gasteiger partial charge in [0.25, 0.3) is 0 Å². The number of benzene rings is 1. The summed E-state index contributed by atoms with van der Waals surface area (Å²) in [4.78, 5) is 21.1. The van der Waals surface area contributed by atoms with E-state index >= 15 is 0 Å². The lowest BCUT2D eigenvalue weighted by Crippen LogP contribution is -1.98. The van der Waals surface area contributed by atoms with Gasteiger partial charge in [0.05, 0.1) is 0 Å². The van der Waals surface area contributed by atoms with Gasteiger partial charge in [0.2, 0.25) is 5.24 Å². The van der Waals surface area contributed by atoms with Crippen molar-refractivity contribution in [2.45, 2.75) is 6.42 Å². The predicted molar refractivity (Wildman–Crippen MR) is 51.4 cm³/mol. The lowest BCUT2D eigenvalue weighted by atomic mass is 10.1. The maximum absolute atomic E-state index is 10.6. The monoisotopic (exact) mass is 216 g/mol. The minimum Gasteiger partial charge on any atom is -0.298 e. The van der Waals surface area contributed by atoms with Crippen LogP contribution in [0.1, 0.15) is 15.9 Å². The van der Waals surface area contributed by atoms with E-state index in [1.165, 1.54) is 6.07 Å². The molecular weight excluding hydrogens is 211 g/mol. The molecule has 0 saturated heterocycles.